The number of carbonyl (C=O) groups excluding carboxylic acids is 1. The van der Waals surface area contributed by atoms with Gasteiger partial charge in [0.25, 0.3) is 0 Å². The first-order valence-electron chi connectivity index (χ1n) is 8.55. The Bertz CT molecular complexity index is 875. The highest BCUT2D eigenvalue weighted by Crippen LogP contribution is 2.26. The van der Waals surface area contributed by atoms with Gasteiger partial charge in [0, 0.05) is 5.56 Å². The van der Waals surface area contributed by atoms with Gasteiger partial charge in [0.1, 0.15) is 22.7 Å². The van der Waals surface area contributed by atoms with Crippen LogP contribution >= 0.6 is 0 Å². The van der Waals surface area contributed by atoms with E-state index < -0.39 is 29.0 Å². The van der Waals surface area contributed by atoms with Gasteiger partial charge in [0.2, 0.25) is 0 Å². The number of carbonyl (C=O) groups is 2. The van der Waals surface area contributed by atoms with Gasteiger partial charge in [0.05, 0.1) is 19.9 Å². The first-order valence-corrected chi connectivity index (χ1v) is 8.55. The number of amides is 1. The molecule has 0 spiro atoms. The molecule has 1 N–H and O–H groups in total. The lowest BCUT2D eigenvalue weighted by Gasteiger charge is -2.28. The van der Waals surface area contributed by atoms with E-state index in [1.807, 2.05) is 0 Å². The van der Waals surface area contributed by atoms with Crippen molar-refractivity contribution in [2.75, 3.05) is 12.0 Å². The molecule has 1 amide bonds. The van der Waals surface area contributed by atoms with Crippen LogP contribution < -0.4 is 9.64 Å². The van der Waals surface area contributed by atoms with E-state index in [2.05, 4.69) is 4.98 Å². The number of aromatic carboxylic acids is 1. The lowest BCUT2D eigenvalue weighted by atomic mass is 10.1. The van der Waals surface area contributed by atoms with Gasteiger partial charge in [-0.15, -0.1) is 0 Å². The average Bonchev–Trinajstić information content (AvgIpc) is 2.59. The molecule has 0 fully saturated rings. The number of hydrogen-bond donors (Lipinski definition) is 1. The van der Waals surface area contributed by atoms with Crippen molar-refractivity contribution in [2.45, 2.75) is 39.8 Å². The second kappa shape index (κ2) is 8.24. The smallest absolute Gasteiger partial charge is 0.416 e. The van der Waals surface area contributed by atoms with Crippen LogP contribution in [0, 0.1) is 12.7 Å². The predicted octanol–water partition coefficient (Wildman–Crippen LogP) is 4.18. The number of anilines is 1. The number of ether oxygens (including phenoxy) is 2. The highest BCUT2D eigenvalue weighted by atomic mass is 19.1. The minimum Gasteiger partial charge on any atom is -0.497 e. The molecule has 150 valence electrons. The molecule has 0 saturated carbocycles. The van der Waals surface area contributed by atoms with Gasteiger partial charge in [-0.1, -0.05) is 12.1 Å². The van der Waals surface area contributed by atoms with Gasteiger partial charge in [-0.25, -0.2) is 19.0 Å². The van der Waals surface area contributed by atoms with Gasteiger partial charge >= 0.3 is 12.1 Å². The van der Waals surface area contributed by atoms with E-state index in [9.17, 15) is 19.1 Å². The number of rotatable bonds is 5. The van der Waals surface area contributed by atoms with Crippen molar-refractivity contribution in [3.63, 3.8) is 0 Å². The maximum Gasteiger partial charge on any atom is 0.416 e. The van der Waals surface area contributed by atoms with Gasteiger partial charge in [0.15, 0.2) is 5.82 Å². The largest absolute Gasteiger partial charge is 0.497 e. The predicted molar refractivity (Wildman–Crippen MR) is 101 cm³/mol. The number of methoxy groups -OCH3 is 1. The Labute approximate surface area is 162 Å². The van der Waals surface area contributed by atoms with E-state index in [0.717, 1.165) is 11.8 Å². The Morgan fingerprint density at radius 3 is 2.32 bits per heavy atom. The van der Waals surface area contributed by atoms with Crippen LogP contribution in [-0.4, -0.2) is 34.9 Å². The maximum atomic E-state index is 13.9. The van der Waals surface area contributed by atoms with Crippen LogP contribution in [0.15, 0.2) is 30.5 Å². The summed E-state index contributed by atoms with van der Waals surface area (Å²) in [6.45, 7) is 6.59. The Kier molecular flexibility index (Phi) is 6.23. The minimum atomic E-state index is -1.44. The summed E-state index contributed by atoms with van der Waals surface area (Å²) in [7, 11) is 1.54. The first-order chi connectivity index (χ1) is 13.0. The standard InChI is InChI=1S/C20H23FN2O5/c1-12-16(18(24)25)15(21)10-22-17(12)23(19(26)28-20(2,3)4)11-13-6-8-14(27-5)9-7-13/h6-10H,11H2,1-5H3,(H,24,25). The fourth-order valence-corrected chi connectivity index (χ4v) is 2.56. The lowest BCUT2D eigenvalue weighted by Crippen LogP contribution is -2.37. The van der Waals surface area contributed by atoms with Crippen molar-refractivity contribution in [2.24, 2.45) is 0 Å². The Morgan fingerprint density at radius 1 is 1.21 bits per heavy atom. The van der Waals surface area contributed by atoms with E-state index in [0.29, 0.717) is 5.75 Å². The molecule has 0 aliphatic carbocycles. The van der Waals surface area contributed by atoms with Gasteiger partial charge < -0.3 is 14.6 Å². The number of hydrogen-bond acceptors (Lipinski definition) is 5. The topological polar surface area (TPSA) is 89.0 Å². The Balaban J connectivity index is 2.50. The summed E-state index contributed by atoms with van der Waals surface area (Å²) in [6.07, 6.45) is 0.0684. The summed E-state index contributed by atoms with van der Waals surface area (Å²) in [6, 6.07) is 6.98. The molecular formula is C20H23FN2O5. The summed E-state index contributed by atoms with van der Waals surface area (Å²) < 4.78 is 24.5. The van der Waals surface area contributed by atoms with Crippen molar-refractivity contribution in [3.05, 3.63) is 53.0 Å². The molecule has 0 atom stereocenters. The van der Waals surface area contributed by atoms with Crippen molar-refractivity contribution in [3.8, 4) is 5.75 Å². The number of nitrogens with zero attached hydrogens (tertiary/aromatic N) is 2. The fourth-order valence-electron chi connectivity index (χ4n) is 2.56. The van der Waals surface area contributed by atoms with Crippen LogP contribution in [0.2, 0.25) is 0 Å². The highest BCUT2D eigenvalue weighted by Gasteiger charge is 2.28. The molecule has 2 aromatic rings. The summed E-state index contributed by atoms with van der Waals surface area (Å²) in [5.41, 5.74) is -0.548. The summed E-state index contributed by atoms with van der Waals surface area (Å²) in [5, 5.41) is 9.31. The van der Waals surface area contributed by atoms with E-state index in [-0.39, 0.29) is 17.9 Å². The summed E-state index contributed by atoms with van der Waals surface area (Å²) in [4.78, 5) is 29.4. The molecule has 0 bridgehead atoms. The number of pyridine rings is 1. The normalized spacial score (nSPS) is 11.1. The third-order valence-electron chi connectivity index (χ3n) is 3.83. The quantitative estimate of drug-likeness (QED) is 0.824. The molecule has 1 heterocycles. The van der Waals surface area contributed by atoms with Crippen LogP contribution in [0.1, 0.15) is 42.3 Å². The van der Waals surface area contributed by atoms with E-state index in [1.54, 1.807) is 52.1 Å². The van der Waals surface area contributed by atoms with Crippen molar-refractivity contribution in [1.82, 2.24) is 4.98 Å². The molecular weight excluding hydrogens is 367 g/mol. The molecule has 0 saturated heterocycles. The van der Waals surface area contributed by atoms with E-state index in [4.69, 9.17) is 9.47 Å². The Morgan fingerprint density at radius 2 is 1.82 bits per heavy atom. The summed E-state index contributed by atoms with van der Waals surface area (Å²) >= 11 is 0. The molecule has 1 aromatic heterocycles. The van der Waals surface area contributed by atoms with Crippen LogP contribution in [0.5, 0.6) is 5.75 Å². The van der Waals surface area contributed by atoms with Crippen molar-refractivity contribution < 1.29 is 28.6 Å². The monoisotopic (exact) mass is 390 g/mol. The zero-order valence-electron chi connectivity index (χ0n) is 16.4. The van der Waals surface area contributed by atoms with Crippen LogP contribution in [0.3, 0.4) is 0 Å². The average molecular weight is 390 g/mol. The molecule has 2 rings (SSSR count). The molecule has 28 heavy (non-hydrogen) atoms. The van der Waals surface area contributed by atoms with Crippen molar-refractivity contribution in [1.29, 1.82) is 0 Å². The molecule has 0 aliphatic rings. The third-order valence-corrected chi connectivity index (χ3v) is 3.83. The van der Waals surface area contributed by atoms with Gasteiger partial charge in [-0.3, -0.25) is 4.90 Å². The molecule has 7 nitrogen and oxygen atoms in total. The van der Waals surface area contributed by atoms with Gasteiger partial charge in [-0.2, -0.15) is 0 Å². The number of aromatic nitrogens is 1. The molecule has 1 aromatic carbocycles. The number of halogens is 1. The van der Waals surface area contributed by atoms with Crippen molar-refractivity contribution >= 4 is 17.9 Å². The van der Waals surface area contributed by atoms with E-state index in [1.165, 1.54) is 11.8 Å². The fraction of sp³-hybridized carbons (Fsp3) is 0.350. The molecule has 0 aliphatic heterocycles. The first kappa shape index (κ1) is 21.1. The van der Waals surface area contributed by atoms with Crippen LogP contribution in [0.25, 0.3) is 0 Å². The minimum absolute atomic E-state index is 0.0175. The number of benzene rings is 1. The number of carboxylic acid groups (broad SMARTS) is 1. The maximum absolute atomic E-state index is 13.9. The molecule has 0 unspecified atom stereocenters. The van der Waals surface area contributed by atoms with Crippen LogP contribution in [-0.2, 0) is 11.3 Å². The third kappa shape index (κ3) is 4.97. The highest BCUT2D eigenvalue weighted by molar-refractivity contribution is 5.94. The second-order valence-corrected chi connectivity index (χ2v) is 7.15. The zero-order chi connectivity index (χ0) is 21.1. The van der Waals surface area contributed by atoms with E-state index >= 15 is 0 Å². The molecule has 8 heteroatoms. The zero-order valence-corrected chi connectivity index (χ0v) is 16.4. The summed E-state index contributed by atoms with van der Waals surface area (Å²) in [5.74, 6) is -1.74. The Hall–Kier alpha value is -3.16. The number of carboxylic acids is 1. The SMILES string of the molecule is COc1ccc(CN(C(=O)OC(C)(C)C)c2ncc(F)c(C(=O)O)c2C)cc1. The molecule has 0 radical (unpaired) electrons. The lowest BCUT2D eigenvalue weighted by molar-refractivity contribution is 0.0573. The second-order valence-electron chi connectivity index (χ2n) is 7.15. The van der Waals surface area contributed by atoms with Crippen LogP contribution in [0.4, 0.5) is 15.0 Å². The van der Waals surface area contributed by atoms with Gasteiger partial charge in [-0.05, 0) is 45.4 Å².